The number of hydrogen-bond donors (Lipinski definition) is 2. The van der Waals surface area contributed by atoms with Gasteiger partial charge in [0.05, 0.1) is 11.9 Å². The molecule has 182 valence electrons. The van der Waals surface area contributed by atoms with Crippen LogP contribution in [0.25, 0.3) is 11.1 Å². The molecule has 7 nitrogen and oxygen atoms in total. The number of halogens is 2. The van der Waals surface area contributed by atoms with E-state index in [9.17, 15) is 27.8 Å². The highest BCUT2D eigenvalue weighted by Gasteiger charge is 2.24. The van der Waals surface area contributed by atoms with Crippen LogP contribution < -0.4 is 0 Å². The Morgan fingerprint density at radius 3 is 2.50 bits per heavy atom. The van der Waals surface area contributed by atoms with E-state index in [1.807, 2.05) is 6.92 Å². The van der Waals surface area contributed by atoms with Crippen molar-refractivity contribution in [1.82, 2.24) is 0 Å². The number of thiophene rings is 1. The second kappa shape index (κ2) is 10.7. The van der Waals surface area contributed by atoms with Gasteiger partial charge < -0.3 is 19.7 Å². The quantitative estimate of drug-likeness (QED) is 0.368. The van der Waals surface area contributed by atoms with Crippen LogP contribution in [0.1, 0.15) is 29.3 Å². The van der Waals surface area contributed by atoms with Crippen molar-refractivity contribution in [3.8, 4) is 22.6 Å². The second-order valence-electron chi connectivity index (χ2n) is 7.39. The Hall–Kier alpha value is -2.66. The van der Waals surface area contributed by atoms with Crippen LogP contribution in [0.2, 0.25) is 4.34 Å². The predicted octanol–water partition coefficient (Wildman–Crippen LogP) is 5.17. The fourth-order valence-electron chi connectivity index (χ4n) is 3.14. The molecule has 0 fully saturated rings. The van der Waals surface area contributed by atoms with Gasteiger partial charge in [0.2, 0.25) is 0 Å². The van der Waals surface area contributed by atoms with Crippen molar-refractivity contribution in [3.05, 3.63) is 63.7 Å². The summed E-state index contributed by atoms with van der Waals surface area (Å²) >= 11 is 6.96. The number of hydrogen-bond acceptors (Lipinski definition) is 8. The van der Waals surface area contributed by atoms with Gasteiger partial charge in [0, 0.05) is 18.2 Å². The van der Waals surface area contributed by atoms with E-state index in [1.54, 1.807) is 0 Å². The lowest BCUT2D eigenvalue weighted by Gasteiger charge is -2.13. The van der Waals surface area contributed by atoms with Crippen molar-refractivity contribution in [1.29, 1.82) is 0 Å². The first-order chi connectivity index (χ1) is 16.1. The summed E-state index contributed by atoms with van der Waals surface area (Å²) in [6, 6.07) is 8.41. The summed E-state index contributed by atoms with van der Waals surface area (Å²) in [5, 5.41) is 20.3. The fourth-order valence-corrected chi connectivity index (χ4v) is 6.31. The fraction of sp³-hybridized carbons (Fsp3) is 0.261. The zero-order valence-electron chi connectivity index (χ0n) is 18.2. The summed E-state index contributed by atoms with van der Waals surface area (Å²) in [7, 11) is -2.41. The molecule has 0 aliphatic carbocycles. The molecule has 0 saturated heterocycles. The Morgan fingerprint density at radius 1 is 1.12 bits per heavy atom. The molecular formula is C23H22ClFO7S2. The SMILES string of the molecule is CCC(COC(=O)c1ccc(CS(=O)(=O)c2cc(-c3cc(F)ccc3O)c(Cl)s2)cc1O)OC. The monoisotopic (exact) mass is 528 g/mol. The first-order valence-corrected chi connectivity index (χ1v) is 12.9. The minimum Gasteiger partial charge on any atom is -0.507 e. The molecule has 0 aliphatic rings. The molecule has 2 N–H and O–H groups in total. The summed E-state index contributed by atoms with van der Waals surface area (Å²) < 4.78 is 49.8. The van der Waals surface area contributed by atoms with Crippen molar-refractivity contribution >= 4 is 38.7 Å². The molecule has 1 unspecified atom stereocenters. The van der Waals surface area contributed by atoms with Crippen molar-refractivity contribution in [3.63, 3.8) is 0 Å². The molecule has 11 heteroatoms. The maximum atomic E-state index is 13.6. The first-order valence-electron chi connectivity index (χ1n) is 10.1. The molecular weight excluding hydrogens is 507 g/mol. The summed E-state index contributed by atoms with van der Waals surface area (Å²) in [6.45, 7) is 1.89. The zero-order valence-corrected chi connectivity index (χ0v) is 20.6. The average molecular weight is 529 g/mol. The molecule has 1 aromatic heterocycles. The van der Waals surface area contributed by atoms with E-state index < -0.39 is 33.1 Å². The summed E-state index contributed by atoms with van der Waals surface area (Å²) in [4.78, 5) is 12.2. The van der Waals surface area contributed by atoms with Crippen LogP contribution in [0.15, 0.2) is 46.7 Å². The highest BCUT2D eigenvalue weighted by Crippen LogP contribution is 2.42. The van der Waals surface area contributed by atoms with Gasteiger partial charge in [-0.05, 0) is 48.4 Å². The molecule has 1 heterocycles. The van der Waals surface area contributed by atoms with Gasteiger partial charge in [0.1, 0.15) is 38.0 Å². The summed E-state index contributed by atoms with van der Waals surface area (Å²) in [5.74, 6) is -2.51. The van der Waals surface area contributed by atoms with Crippen molar-refractivity contribution in [2.24, 2.45) is 0 Å². The summed E-state index contributed by atoms with van der Waals surface area (Å²) in [5.41, 5.74) is 0.388. The van der Waals surface area contributed by atoms with E-state index >= 15 is 0 Å². The highest BCUT2D eigenvalue weighted by atomic mass is 35.5. The number of rotatable bonds is 9. The maximum Gasteiger partial charge on any atom is 0.342 e. The molecule has 3 aromatic rings. The number of phenols is 2. The Kier molecular flexibility index (Phi) is 8.19. The lowest BCUT2D eigenvalue weighted by molar-refractivity contribution is 0.00952. The highest BCUT2D eigenvalue weighted by molar-refractivity contribution is 7.92. The third-order valence-corrected chi connectivity index (χ3v) is 8.66. The maximum absolute atomic E-state index is 13.6. The summed E-state index contributed by atoms with van der Waals surface area (Å²) in [6.07, 6.45) is 0.368. The Balaban J connectivity index is 1.80. The van der Waals surface area contributed by atoms with Gasteiger partial charge in [0.25, 0.3) is 0 Å². The zero-order chi connectivity index (χ0) is 25.0. The van der Waals surface area contributed by atoms with E-state index in [0.717, 1.165) is 29.5 Å². The van der Waals surface area contributed by atoms with Crippen LogP contribution in [0, 0.1) is 5.82 Å². The third kappa shape index (κ3) is 5.87. The van der Waals surface area contributed by atoms with Crippen molar-refractivity contribution < 1.29 is 37.3 Å². The molecule has 1 atom stereocenters. The van der Waals surface area contributed by atoms with Crippen LogP contribution in [-0.2, 0) is 25.1 Å². The largest absolute Gasteiger partial charge is 0.507 e. The van der Waals surface area contributed by atoms with Gasteiger partial charge in [-0.1, -0.05) is 24.6 Å². The molecule has 3 rings (SSSR count). The number of carbonyl (C=O) groups excluding carboxylic acids is 1. The molecule has 0 spiro atoms. The molecule has 34 heavy (non-hydrogen) atoms. The van der Waals surface area contributed by atoms with Crippen LogP contribution in [0.4, 0.5) is 4.39 Å². The number of phenolic OH excluding ortho intramolecular Hbond substituents is 2. The predicted molar refractivity (Wildman–Crippen MR) is 127 cm³/mol. The number of methoxy groups -OCH3 is 1. The molecule has 2 aromatic carbocycles. The average Bonchev–Trinajstić information content (AvgIpc) is 3.18. The van der Waals surface area contributed by atoms with E-state index in [2.05, 4.69) is 0 Å². The van der Waals surface area contributed by atoms with Crippen LogP contribution in [-0.4, -0.2) is 44.4 Å². The van der Waals surface area contributed by atoms with Gasteiger partial charge in [-0.15, -0.1) is 11.3 Å². The van der Waals surface area contributed by atoms with E-state index in [4.69, 9.17) is 21.1 Å². The van der Waals surface area contributed by atoms with Crippen LogP contribution >= 0.6 is 22.9 Å². The Morgan fingerprint density at radius 2 is 1.85 bits per heavy atom. The normalized spacial score (nSPS) is 12.5. The minimum atomic E-state index is -3.91. The smallest absolute Gasteiger partial charge is 0.342 e. The van der Waals surface area contributed by atoms with Gasteiger partial charge >= 0.3 is 5.97 Å². The third-order valence-electron chi connectivity index (χ3n) is 5.05. The lowest BCUT2D eigenvalue weighted by atomic mass is 10.1. The van der Waals surface area contributed by atoms with E-state index in [-0.39, 0.29) is 49.3 Å². The van der Waals surface area contributed by atoms with Gasteiger partial charge in [-0.2, -0.15) is 0 Å². The van der Waals surface area contributed by atoms with Crippen LogP contribution in [0.3, 0.4) is 0 Å². The molecule has 0 aliphatic heterocycles. The first kappa shape index (κ1) is 26.0. The topological polar surface area (TPSA) is 110 Å². The number of aromatic hydroxyl groups is 2. The number of carbonyl (C=O) groups is 1. The Bertz CT molecular complexity index is 1300. The van der Waals surface area contributed by atoms with Gasteiger partial charge in [-0.25, -0.2) is 17.6 Å². The number of sulfone groups is 1. The second-order valence-corrected chi connectivity index (χ2v) is 11.3. The number of esters is 1. The molecule has 0 saturated carbocycles. The van der Waals surface area contributed by atoms with Crippen molar-refractivity contribution in [2.45, 2.75) is 29.4 Å². The molecule has 0 bridgehead atoms. The lowest BCUT2D eigenvalue weighted by Crippen LogP contribution is -2.20. The minimum absolute atomic E-state index is 0.0176. The van der Waals surface area contributed by atoms with Crippen LogP contribution in [0.5, 0.6) is 11.5 Å². The molecule has 0 radical (unpaired) electrons. The van der Waals surface area contributed by atoms with Gasteiger partial charge in [-0.3, -0.25) is 0 Å². The Labute approximate surface area is 205 Å². The van der Waals surface area contributed by atoms with E-state index in [1.165, 1.54) is 31.4 Å². The van der Waals surface area contributed by atoms with Gasteiger partial charge in [0.15, 0.2) is 9.84 Å². The molecule has 0 amide bonds. The van der Waals surface area contributed by atoms with E-state index in [0.29, 0.717) is 6.42 Å². The standard InChI is InChI=1S/C23H22ClFO7S2/c1-3-15(31-2)11-32-23(28)16-6-4-13(8-20(16)27)12-34(29,30)21-10-18(22(24)33-21)17-9-14(25)5-7-19(17)26/h4-10,15,26-27H,3,11-12H2,1-2H3. The van der Waals surface area contributed by atoms with Crippen molar-refractivity contribution in [2.75, 3.05) is 13.7 Å². The number of ether oxygens (including phenoxy) is 2. The number of benzene rings is 2.